The SMILES string of the molecule is CC(C)c1cccc2cc(O)cc(F)c12. The van der Waals surface area contributed by atoms with Crippen LogP contribution < -0.4 is 0 Å². The predicted octanol–water partition coefficient (Wildman–Crippen LogP) is 3.81. The van der Waals surface area contributed by atoms with Crippen molar-refractivity contribution in [1.82, 2.24) is 0 Å². The highest BCUT2D eigenvalue weighted by atomic mass is 19.1. The van der Waals surface area contributed by atoms with Crippen molar-refractivity contribution in [2.75, 3.05) is 0 Å². The lowest BCUT2D eigenvalue weighted by atomic mass is 9.96. The Balaban J connectivity index is 2.85. The van der Waals surface area contributed by atoms with E-state index < -0.39 is 0 Å². The minimum absolute atomic E-state index is 0.0269. The lowest BCUT2D eigenvalue weighted by Gasteiger charge is -2.10. The molecule has 0 aliphatic carbocycles. The second kappa shape index (κ2) is 3.54. The van der Waals surface area contributed by atoms with Gasteiger partial charge in [-0.15, -0.1) is 0 Å². The summed E-state index contributed by atoms with van der Waals surface area (Å²) in [5.74, 6) is -0.108. The van der Waals surface area contributed by atoms with Crippen LogP contribution in [0.5, 0.6) is 5.75 Å². The summed E-state index contributed by atoms with van der Waals surface area (Å²) < 4.78 is 13.7. The number of hydrogen-bond acceptors (Lipinski definition) is 1. The van der Waals surface area contributed by atoms with E-state index in [0.29, 0.717) is 5.39 Å². The van der Waals surface area contributed by atoms with Gasteiger partial charge in [0.1, 0.15) is 11.6 Å². The van der Waals surface area contributed by atoms with Crippen LogP contribution in [0.4, 0.5) is 4.39 Å². The Morgan fingerprint density at radius 2 is 1.93 bits per heavy atom. The summed E-state index contributed by atoms with van der Waals surface area (Å²) in [6.45, 7) is 4.06. The first-order valence-corrected chi connectivity index (χ1v) is 5.00. The van der Waals surface area contributed by atoms with Crippen LogP contribution in [0.2, 0.25) is 0 Å². The minimum Gasteiger partial charge on any atom is -0.508 e. The number of fused-ring (bicyclic) bond motifs is 1. The average Bonchev–Trinajstić information content (AvgIpc) is 2.16. The van der Waals surface area contributed by atoms with Crippen LogP contribution in [0.3, 0.4) is 0 Å². The lowest BCUT2D eigenvalue weighted by molar-refractivity contribution is 0.471. The normalized spacial score (nSPS) is 11.2. The van der Waals surface area contributed by atoms with Crippen molar-refractivity contribution in [1.29, 1.82) is 0 Å². The molecule has 78 valence electrons. The third-order valence-corrected chi connectivity index (χ3v) is 2.57. The van der Waals surface area contributed by atoms with E-state index in [1.54, 1.807) is 6.07 Å². The summed E-state index contributed by atoms with van der Waals surface area (Å²) in [6, 6.07) is 8.37. The van der Waals surface area contributed by atoms with Gasteiger partial charge in [0.05, 0.1) is 0 Å². The van der Waals surface area contributed by atoms with Gasteiger partial charge < -0.3 is 5.11 Å². The van der Waals surface area contributed by atoms with E-state index in [4.69, 9.17) is 0 Å². The van der Waals surface area contributed by atoms with E-state index >= 15 is 0 Å². The molecule has 0 fully saturated rings. The Kier molecular flexibility index (Phi) is 2.35. The fraction of sp³-hybridized carbons (Fsp3) is 0.231. The number of hydrogen-bond donors (Lipinski definition) is 1. The summed E-state index contributed by atoms with van der Waals surface area (Å²) in [6.07, 6.45) is 0. The van der Waals surface area contributed by atoms with Gasteiger partial charge in [-0.25, -0.2) is 4.39 Å². The largest absolute Gasteiger partial charge is 0.508 e. The summed E-state index contributed by atoms with van der Waals surface area (Å²) >= 11 is 0. The molecule has 15 heavy (non-hydrogen) atoms. The molecule has 0 atom stereocenters. The maximum atomic E-state index is 13.7. The van der Waals surface area contributed by atoms with Gasteiger partial charge in [0, 0.05) is 11.5 Å². The van der Waals surface area contributed by atoms with Crippen LogP contribution in [-0.4, -0.2) is 5.11 Å². The fourth-order valence-corrected chi connectivity index (χ4v) is 1.87. The van der Waals surface area contributed by atoms with Crippen molar-refractivity contribution in [2.24, 2.45) is 0 Å². The van der Waals surface area contributed by atoms with Gasteiger partial charge in [-0.3, -0.25) is 0 Å². The lowest BCUT2D eigenvalue weighted by Crippen LogP contribution is -1.91. The molecule has 1 N–H and O–H groups in total. The topological polar surface area (TPSA) is 20.2 Å². The van der Waals surface area contributed by atoms with Crippen molar-refractivity contribution in [3.63, 3.8) is 0 Å². The molecule has 0 unspecified atom stereocenters. The quantitative estimate of drug-likeness (QED) is 0.748. The van der Waals surface area contributed by atoms with Gasteiger partial charge >= 0.3 is 0 Å². The monoisotopic (exact) mass is 204 g/mol. The second-order valence-electron chi connectivity index (χ2n) is 4.03. The molecule has 0 aliphatic rings. The first-order chi connectivity index (χ1) is 7.09. The maximum absolute atomic E-state index is 13.7. The number of benzene rings is 2. The van der Waals surface area contributed by atoms with E-state index in [2.05, 4.69) is 0 Å². The molecule has 0 radical (unpaired) electrons. The van der Waals surface area contributed by atoms with Crippen LogP contribution in [0.25, 0.3) is 10.8 Å². The van der Waals surface area contributed by atoms with E-state index in [0.717, 1.165) is 17.0 Å². The smallest absolute Gasteiger partial charge is 0.134 e. The van der Waals surface area contributed by atoms with Crippen molar-refractivity contribution in [3.05, 3.63) is 41.7 Å². The molecule has 2 aromatic rings. The van der Waals surface area contributed by atoms with Crippen LogP contribution >= 0.6 is 0 Å². The molecule has 2 rings (SSSR count). The van der Waals surface area contributed by atoms with Gasteiger partial charge in [0.15, 0.2) is 0 Å². The van der Waals surface area contributed by atoms with Gasteiger partial charge in [0.25, 0.3) is 0 Å². The molecule has 0 saturated heterocycles. The van der Waals surface area contributed by atoms with Crippen molar-refractivity contribution < 1.29 is 9.50 Å². The molecule has 0 saturated carbocycles. The molecule has 0 heterocycles. The Morgan fingerprint density at radius 3 is 2.60 bits per heavy atom. The van der Waals surface area contributed by atoms with E-state index in [9.17, 15) is 9.50 Å². The summed E-state index contributed by atoms with van der Waals surface area (Å²) in [7, 11) is 0. The zero-order chi connectivity index (χ0) is 11.0. The molecule has 2 heteroatoms. The zero-order valence-electron chi connectivity index (χ0n) is 8.79. The number of rotatable bonds is 1. The van der Waals surface area contributed by atoms with E-state index in [1.165, 1.54) is 0 Å². The molecule has 0 aliphatic heterocycles. The highest BCUT2D eigenvalue weighted by molar-refractivity contribution is 5.88. The van der Waals surface area contributed by atoms with Crippen molar-refractivity contribution in [2.45, 2.75) is 19.8 Å². The molecule has 2 aromatic carbocycles. The van der Waals surface area contributed by atoms with Crippen LogP contribution in [0.15, 0.2) is 30.3 Å². The van der Waals surface area contributed by atoms with Crippen LogP contribution in [0, 0.1) is 5.82 Å². The predicted molar refractivity (Wildman–Crippen MR) is 59.7 cm³/mol. The van der Waals surface area contributed by atoms with Gasteiger partial charge in [-0.2, -0.15) is 0 Å². The average molecular weight is 204 g/mol. The second-order valence-corrected chi connectivity index (χ2v) is 4.03. The molecule has 0 amide bonds. The zero-order valence-corrected chi connectivity index (χ0v) is 8.79. The molecular formula is C13H13FO. The Bertz CT molecular complexity index is 503. The molecule has 0 aromatic heterocycles. The standard InChI is InChI=1S/C13H13FO/c1-8(2)11-5-3-4-9-6-10(15)7-12(14)13(9)11/h3-8,15H,1-2H3. The van der Waals surface area contributed by atoms with E-state index in [-0.39, 0.29) is 17.5 Å². The van der Waals surface area contributed by atoms with Gasteiger partial charge in [0.2, 0.25) is 0 Å². The fourth-order valence-electron chi connectivity index (χ4n) is 1.87. The number of phenols is 1. The molecular weight excluding hydrogens is 191 g/mol. The Labute approximate surface area is 88.2 Å². The Morgan fingerprint density at radius 1 is 1.20 bits per heavy atom. The summed E-state index contributed by atoms with van der Waals surface area (Å²) in [4.78, 5) is 0. The molecule has 1 nitrogen and oxygen atoms in total. The minimum atomic E-state index is -0.352. The summed E-state index contributed by atoms with van der Waals surface area (Å²) in [5, 5.41) is 10.7. The highest BCUT2D eigenvalue weighted by Gasteiger charge is 2.10. The van der Waals surface area contributed by atoms with Crippen LogP contribution in [0.1, 0.15) is 25.3 Å². The highest BCUT2D eigenvalue weighted by Crippen LogP contribution is 2.30. The molecule has 0 bridgehead atoms. The summed E-state index contributed by atoms with van der Waals surface area (Å²) in [5.41, 5.74) is 0.977. The number of phenolic OH excluding ortho intramolecular Hbond substituents is 1. The number of halogens is 1. The number of aromatic hydroxyl groups is 1. The third kappa shape index (κ3) is 1.67. The first-order valence-electron chi connectivity index (χ1n) is 5.00. The van der Waals surface area contributed by atoms with Crippen molar-refractivity contribution >= 4 is 10.8 Å². The van der Waals surface area contributed by atoms with Gasteiger partial charge in [-0.05, 0) is 22.9 Å². The molecule has 0 spiro atoms. The Hall–Kier alpha value is -1.57. The van der Waals surface area contributed by atoms with Gasteiger partial charge in [-0.1, -0.05) is 32.0 Å². The first kappa shape index (κ1) is 9.97. The van der Waals surface area contributed by atoms with E-state index in [1.807, 2.05) is 32.0 Å². The maximum Gasteiger partial charge on any atom is 0.134 e. The third-order valence-electron chi connectivity index (χ3n) is 2.57. The van der Waals surface area contributed by atoms with Crippen LogP contribution in [-0.2, 0) is 0 Å². The van der Waals surface area contributed by atoms with Crippen molar-refractivity contribution in [3.8, 4) is 5.75 Å².